The molecule has 0 fully saturated rings. The van der Waals surface area contributed by atoms with Gasteiger partial charge in [0.25, 0.3) is 0 Å². The highest BCUT2D eigenvalue weighted by molar-refractivity contribution is 9.10. The average molecular weight is 360 g/mol. The molecule has 0 saturated heterocycles. The van der Waals surface area contributed by atoms with Crippen LogP contribution < -0.4 is 10.1 Å². The van der Waals surface area contributed by atoms with E-state index >= 15 is 0 Å². The zero-order chi connectivity index (χ0) is 15.5. The summed E-state index contributed by atoms with van der Waals surface area (Å²) in [5.74, 6) is -0.217. The Morgan fingerprint density at radius 3 is 2.33 bits per heavy atom. The molecular formula is C15H13BrF3NO. The molecule has 2 nitrogen and oxygen atoms in total. The van der Waals surface area contributed by atoms with Crippen LogP contribution in [0, 0.1) is 6.92 Å². The van der Waals surface area contributed by atoms with Gasteiger partial charge in [-0.2, -0.15) is 0 Å². The summed E-state index contributed by atoms with van der Waals surface area (Å²) in [6, 6.07) is 11.7. The van der Waals surface area contributed by atoms with Crippen LogP contribution >= 0.6 is 15.9 Å². The van der Waals surface area contributed by atoms with Crippen molar-refractivity contribution in [2.45, 2.75) is 19.8 Å². The van der Waals surface area contributed by atoms with E-state index in [1.165, 1.54) is 12.1 Å². The largest absolute Gasteiger partial charge is 0.573 e. The Labute approximate surface area is 129 Å². The van der Waals surface area contributed by atoms with Gasteiger partial charge in [0.05, 0.1) is 0 Å². The highest BCUT2D eigenvalue weighted by Gasteiger charge is 2.30. The fraction of sp³-hybridized carbons (Fsp3) is 0.200. The fourth-order valence-electron chi connectivity index (χ4n) is 1.77. The minimum atomic E-state index is -4.66. The summed E-state index contributed by atoms with van der Waals surface area (Å²) in [5.41, 5.74) is 2.92. The summed E-state index contributed by atoms with van der Waals surface area (Å²) in [4.78, 5) is 0. The number of anilines is 1. The molecule has 2 aromatic rings. The number of halogens is 4. The van der Waals surface area contributed by atoms with E-state index in [1.54, 1.807) is 12.1 Å². The Balaban J connectivity index is 1.96. The monoisotopic (exact) mass is 359 g/mol. The first kappa shape index (κ1) is 15.7. The van der Waals surface area contributed by atoms with Crippen molar-refractivity contribution in [1.29, 1.82) is 0 Å². The molecule has 0 aliphatic heterocycles. The van der Waals surface area contributed by atoms with E-state index < -0.39 is 6.36 Å². The van der Waals surface area contributed by atoms with Crippen molar-refractivity contribution in [3.8, 4) is 5.75 Å². The van der Waals surface area contributed by atoms with Gasteiger partial charge in [-0.15, -0.1) is 13.2 Å². The SMILES string of the molecule is Cc1cc(NCc2ccc(OC(F)(F)F)cc2)ccc1Br. The molecule has 0 atom stereocenters. The summed E-state index contributed by atoms with van der Waals surface area (Å²) in [6.07, 6.45) is -4.66. The lowest BCUT2D eigenvalue weighted by Crippen LogP contribution is -2.17. The molecule has 0 aromatic heterocycles. The van der Waals surface area contributed by atoms with Gasteiger partial charge in [-0.05, 0) is 48.4 Å². The average Bonchev–Trinajstić information content (AvgIpc) is 2.40. The highest BCUT2D eigenvalue weighted by Crippen LogP contribution is 2.23. The Bertz CT molecular complexity index is 611. The molecule has 0 saturated carbocycles. The number of aryl methyl sites for hydroxylation is 1. The van der Waals surface area contributed by atoms with Crippen LogP contribution in [0.4, 0.5) is 18.9 Å². The Hall–Kier alpha value is -1.69. The molecule has 0 radical (unpaired) electrons. The van der Waals surface area contributed by atoms with Crippen LogP contribution in [-0.4, -0.2) is 6.36 Å². The van der Waals surface area contributed by atoms with Gasteiger partial charge in [0.2, 0.25) is 0 Å². The summed E-state index contributed by atoms with van der Waals surface area (Å²) in [6.45, 7) is 2.51. The molecule has 0 spiro atoms. The van der Waals surface area contributed by atoms with Gasteiger partial charge in [0.15, 0.2) is 0 Å². The lowest BCUT2D eigenvalue weighted by molar-refractivity contribution is -0.274. The van der Waals surface area contributed by atoms with Crippen LogP contribution in [0.3, 0.4) is 0 Å². The normalized spacial score (nSPS) is 11.3. The van der Waals surface area contributed by atoms with Gasteiger partial charge >= 0.3 is 6.36 Å². The Morgan fingerprint density at radius 2 is 1.76 bits per heavy atom. The smallest absolute Gasteiger partial charge is 0.406 e. The summed E-state index contributed by atoms with van der Waals surface area (Å²) < 4.78 is 41.0. The molecule has 0 aliphatic carbocycles. The van der Waals surface area contributed by atoms with E-state index in [-0.39, 0.29) is 5.75 Å². The number of ether oxygens (including phenoxy) is 1. The molecule has 0 amide bonds. The van der Waals surface area contributed by atoms with E-state index in [1.807, 2.05) is 25.1 Å². The second-order valence-electron chi connectivity index (χ2n) is 4.51. The first-order valence-electron chi connectivity index (χ1n) is 6.18. The maximum Gasteiger partial charge on any atom is 0.573 e. The van der Waals surface area contributed by atoms with E-state index in [2.05, 4.69) is 26.0 Å². The molecule has 21 heavy (non-hydrogen) atoms. The number of hydrogen-bond donors (Lipinski definition) is 1. The predicted octanol–water partition coefficient (Wildman–Crippen LogP) is 5.27. The van der Waals surface area contributed by atoms with Crippen molar-refractivity contribution in [3.63, 3.8) is 0 Å². The topological polar surface area (TPSA) is 21.3 Å². The van der Waals surface area contributed by atoms with Gasteiger partial charge in [0, 0.05) is 16.7 Å². The van der Waals surface area contributed by atoms with Gasteiger partial charge in [0.1, 0.15) is 5.75 Å². The van der Waals surface area contributed by atoms with Crippen LogP contribution in [0.25, 0.3) is 0 Å². The van der Waals surface area contributed by atoms with Crippen LogP contribution in [0.15, 0.2) is 46.9 Å². The predicted molar refractivity (Wildman–Crippen MR) is 79.3 cm³/mol. The van der Waals surface area contributed by atoms with Crippen molar-refractivity contribution >= 4 is 21.6 Å². The van der Waals surface area contributed by atoms with Gasteiger partial charge in [-0.1, -0.05) is 28.1 Å². The third-order valence-corrected chi connectivity index (χ3v) is 3.70. The van der Waals surface area contributed by atoms with Crippen LogP contribution in [0.1, 0.15) is 11.1 Å². The minimum absolute atomic E-state index is 0.217. The van der Waals surface area contributed by atoms with Crippen molar-refractivity contribution in [1.82, 2.24) is 0 Å². The number of alkyl halides is 3. The summed E-state index contributed by atoms with van der Waals surface area (Å²) in [5, 5.41) is 3.21. The zero-order valence-electron chi connectivity index (χ0n) is 11.2. The molecule has 0 unspecified atom stereocenters. The van der Waals surface area contributed by atoms with Crippen LogP contribution in [-0.2, 0) is 6.54 Å². The highest BCUT2D eigenvalue weighted by atomic mass is 79.9. The van der Waals surface area contributed by atoms with E-state index in [9.17, 15) is 13.2 Å². The Kier molecular flexibility index (Phi) is 4.77. The quantitative estimate of drug-likeness (QED) is 0.802. The van der Waals surface area contributed by atoms with Gasteiger partial charge in [-0.3, -0.25) is 0 Å². The van der Waals surface area contributed by atoms with Crippen molar-refractivity contribution in [2.75, 3.05) is 5.32 Å². The second kappa shape index (κ2) is 6.39. The van der Waals surface area contributed by atoms with Crippen molar-refractivity contribution < 1.29 is 17.9 Å². The molecule has 0 aliphatic rings. The van der Waals surface area contributed by atoms with E-state index in [0.29, 0.717) is 6.54 Å². The van der Waals surface area contributed by atoms with Crippen LogP contribution in [0.5, 0.6) is 5.75 Å². The van der Waals surface area contributed by atoms with Crippen molar-refractivity contribution in [2.24, 2.45) is 0 Å². The molecule has 112 valence electrons. The fourth-order valence-corrected chi connectivity index (χ4v) is 2.01. The summed E-state index contributed by atoms with van der Waals surface area (Å²) in [7, 11) is 0. The third kappa shape index (κ3) is 4.97. The minimum Gasteiger partial charge on any atom is -0.406 e. The molecule has 2 aromatic carbocycles. The molecule has 0 bridgehead atoms. The molecule has 2 rings (SSSR count). The van der Waals surface area contributed by atoms with E-state index in [4.69, 9.17) is 0 Å². The number of nitrogens with one attached hydrogen (secondary N) is 1. The van der Waals surface area contributed by atoms with Crippen molar-refractivity contribution in [3.05, 3.63) is 58.1 Å². The first-order valence-corrected chi connectivity index (χ1v) is 6.97. The molecule has 6 heteroatoms. The van der Waals surface area contributed by atoms with Gasteiger partial charge < -0.3 is 10.1 Å². The standard InChI is InChI=1S/C15H13BrF3NO/c1-10-8-12(4-7-14(10)16)20-9-11-2-5-13(6-3-11)21-15(17,18)19/h2-8,20H,9H2,1H3. The lowest BCUT2D eigenvalue weighted by Gasteiger charge is -2.11. The summed E-state index contributed by atoms with van der Waals surface area (Å²) >= 11 is 3.42. The lowest BCUT2D eigenvalue weighted by atomic mass is 10.2. The zero-order valence-corrected chi connectivity index (χ0v) is 12.8. The van der Waals surface area contributed by atoms with Gasteiger partial charge in [-0.25, -0.2) is 0 Å². The second-order valence-corrected chi connectivity index (χ2v) is 5.36. The van der Waals surface area contributed by atoms with Crippen LogP contribution in [0.2, 0.25) is 0 Å². The Morgan fingerprint density at radius 1 is 1.10 bits per heavy atom. The third-order valence-electron chi connectivity index (χ3n) is 2.81. The maximum atomic E-state index is 12.0. The number of hydrogen-bond acceptors (Lipinski definition) is 2. The maximum absolute atomic E-state index is 12.0. The number of benzene rings is 2. The first-order chi connectivity index (χ1) is 9.83. The molecular weight excluding hydrogens is 347 g/mol. The molecule has 1 N–H and O–H groups in total. The number of rotatable bonds is 4. The van der Waals surface area contributed by atoms with E-state index in [0.717, 1.165) is 21.3 Å². The molecule has 0 heterocycles.